The van der Waals surface area contributed by atoms with Crippen molar-refractivity contribution in [1.29, 1.82) is 0 Å². The molecule has 2 N–H and O–H groups in total. The maximum Gasteiger partial charge on any atom is 0.268 e. The van der Waals surface area contributed by atoms with Crippen molar-refractivity contribution < 1.29 is 19.1 Å². The van der Waals surface area contributed by atoms with Crippen molar-refractivity contribution in [1.82, 2.24) is 10.6 Å². The summed E-state index contributed by atoms with van der Waals surface area (Å²) in [7, 11) is 1.64. The fraction of sp³-hybridized carbons (Fsp3) is 0.500. The van der Waals surface area contributed by atoms with E-state index < -0.39 is 6.10 Å². The number of carbonyl (C=O) groups is 2. The molecule has 0 aliphatic carbocycles. The third-order valence-corrected chi connectivity index (χ3v) is 3.48. The summed E-state index contributed by atoms with van der Waals surface area (Å²) >= 11 is 0. The van der Waals surface area contributed by atoms with Crippen molar-refractivity contribution in [2.45, 2.75) is 13.0 Å². The number of benzene rings is 1. The highest BCUT2D eigenvalue weighted by atomic mass is 16.5. The molecule has 1 heterocycles. The molecule has 0 spiro atoms. The lowest BCUT2D eigenvalue weighted by Crippen LogP contribution is -2.49. The lowest BCUT2D eigenvalue weighted by atomic mass is 10.2. The fourth-order valence-electron chi connectivity index (χ4n) is 2.31. The molecule has 23 heavy (non-hydrogen) atoms. The summed E-state index contributed by atoms with van der Waals surface area (Å²) in [5.41, 5.74) is 0.629. The van der Waals surface area contributed by atoms with Gasteiger partial charge in [-0.1, -0.05) is 12.1 Å². The van der Waals surface area contributed by atoms with Gasteiger partial charge in [0.15, 0.2) is 6.10 Å². The number of nitrogens with zero attached hydrogens (tertiary/aromatic N) is 1. The summed E-state index contributed by atoms with van der Waals surface area (Å²) in [4.78, 5) is 25.8. The van der Waals surface area contributed by atoms with E-state index in [-0.39, 0.29) is 18.4 Å². The highest BCUT2D eigenvalue weighted by molar-refractivity contribution is 6.03. The van der Waals surface area contributed by atoms with Gasteiger partial charge in [0.05, 0.1) is 12.3 Å². The number of fused-ring (bicyclic) bond motifs is 1. The van der Waals surface area contributed by atoms with Crippen LogP contribution in [0.15, 0.2) is 24.3 Å². The molecular formula is C16H23N3O4. The average molecular weight is 321 g/mol. The second-order valence-corrected chi connectivity index (χ2v) is 5.24. The van der Waals surface area contributed by atoms with Crippen LogP contribution < -0.4 is 20.3 Å². The van der Waals surface area contributed by atoms with Crippen LogP contribution in [0.25, 0.3) is 0 Å². The Balaban J connectivity index is 1.86. The van der Waals surface area contributed by atoms with E-state index in [1.165, 1.54) is 4.90 Å². The SMILES string of the molecule is COCCNCCNC(=O)CN1C(=O)C(C)Oc2ccccc21. The van der Waals surface area contributed by atoms with Gasteiger partial charge >= 0.3 is 0 Å². The maximum absolute atomic E-state index is 12.3. The van der Waals surface area contributed by atoms with Crippen molar-refractivity contribution in [3.05, 3.63) is 24.3 Å². The number of nitrogens with one attached hydrogen (secondary N) is 2. The molecule has 7 heteroatoms. The van der Waals surface area contributed by atoms with Gasteiger partial charge in [-0.25, -0.2) is 0 Å². The minimum Gasteiger partial charge on any atom is -0.479 e. The number of para-hydroxylation sites is 2. The predicted molar refractivity (Wildman–Crippen MR) is 86.6 cm³/mol. The zero-order valence-electron chi connectivity index (χ0n) is 13.5. The van der Waals surface area contributed by atoms with Crippen LogP contribution in [0, 0.1) is 0 Å². The third kappa shape index (κ3) is 4.67. The number of ether oxygens (including phenoxy) is 2. The van der Waals surface area contributed by atoms with Gasteiger partial charge in [-0.2, -0.15) is 0 Å². The minimum absolute atomic E-state index is 0.0123. The highest BCUT2D eigenvalue weighted by Gasteiger charge is 2.32. The molecular weight excluding hydrogens is 298 g/mol. The van der Waals surface area contributed by atoms with Crippen LogP contribution >= 0.6 is 0 Å². The van der Waals surface area contributed by atoms with E-state index in [1.807, 2.05) is 12.1 Å². The summed E-state index contributed by atoms with van der Waals surface area (Å²) in [6.45, 7) is 4.19. The first kappa shape index (κ1) is 17.2. The Morgan fingerprint density at radius 3 is 2.87 bits per heavy atom. The van der Waals surface area contributed by atoms with Gasteiger partial charge in [0.1, 0.15) is 12.3 Å². The van der Waals surface area contributed by atoms with Gasteiger partial charge in [0.25, 0.3) is 5.91 Å². The van der Waals surface area contributed by atoms with Gasteiger partial charge in [-0.3, -0.25) is 14.5 Å². The standard InChI is InChI=1S/C16H23N3O4/c1-12-16(21)19(13-5-3-4-6-14(13)23-12)11-15(20)18-8-7-17-9-10-22-2/h3-6,12,17H,7-11H2,1-2H3,(H,18,20). The normalized spacial score (nSPS) is 16.7. The van der Waals surface area contributed by atoms with Crippen LogP contribution in [0.1, 0.15) is 6.92 Å². The monoisotopic (exact) mass is 321 g/mol. The van der Waals surface area contributed by atoms with Gasteiger partial charge in [-0.05, 0) is 19.1 Å². The number of amides is 2. The summed E-state index contributed by atoms with van der Waals surface area (Å²) in [6.07, 6.45) is -0.589. The molecule has 1 aromatic carbocycles. The van der Waals surface area contributed by atoms with Crippen molar-refractivity contribution in [2.75, 3.05) is 44.8 Å². The van der Waals surface area contributed by atoms with Crippen LogP contribution in [-0.2, 0) is 14.3 Å². The van der Waals surface area contributed by atoms with E-state index in [0.717, 1.165) is 6.54 Å². The van der Waals surface area contributed by atoms with Crippen molar-refractivity contribution >= 4 is 17.5 Å². The first-order chi connectivity index (χ1) is 11.1. The molecule has 0 aromatic heterocycles. The summed E-state index contributed by atoms with van der Waals surface area (Å²) < 4.78 is 10.5. The zero-order valence-corrected chi connectivity index (χ0v) is 13.5. The number of carbonyl (C=O) groups excluding carboxylic acids is 2. The van der Waals surface area contributed by atoms with Gasteiger partial charge in [0.2, 0.25) is 5.91 Å². The van der Waals surface area contributed by atoms with Crippen LogP contribution in [0.5, 0.6) is 5.75 Å². The first-order valence-electron chi connectivity index (χ1n) is 7.67. The van der Waals surface area contributed by atoms with Crippen molar-refractivity contribution in [3.8, 4) is 5.75 Å². The van der Waals surface area contributed by atoms with E-state index in [4.69, 9.17) is 9.47 Å². The average Bonchev–Trinajstić information content (AvgIpc) is 2.55. The summed E-state index contributed by atoms with van der Waals surface area (Å²) in [6, 6.07) is 7.23. The molecule has 7 nitrogen and oxygen atoms in total. The number of rotatable bonds is 8. The quantitative estimate of drug-likeness (QED) is 0.667. The molecule has 1 unspecified atom stereocenters. The smallest absolute Gasteiger partial charge is 0.268 e. The topological polar surface area (TPSA) is 79.9 Å². The van der Waals surface area contributed by atoms with Crippen LogP contribution in [0.4, 0.5) is 5.69 Å². The first-order valence-corrected chi connectivity index (χ1v) is 7.67. The van der Waals surface area contributed by atoms with Crippen molar-refractivity contribution in [3.63, 3.8) is 0 Å². The molecule has 1 aromatic rings. The summed E-state index contributed by atoms with van der Waals surface area (Å²) in [5.74, 6) is 0.210. The van der Waals surface area contributed by atoms with Crippen LogP contribution in [0.3, 0.4) is 0 Å². The summed E-state index contributed by atoms with van der Waals surface area (Å²) in [5, 5.41) is 5.93. The van der Waals surface area contributed by atoms with Gasteiger partial charge in [0, 0.05) is 26.7 Å². The molecule has 1 aliphatic rings. The number of hydrogen-bond donors (Lipinski definition) is 2. The third-order valence-electron chi connectivity index (χ3n) is 3.48. The van der Waals surface area contributed by atoms with E-state index in [1.54, 1.807) is 26.2 Å². The second-order valence-electron chi connectivity index (χ2n) is 5.24. The minimum atomic E-state index is -0.589. The van der Waals surface area contributed by atoms with Crippen LogP contribution in [-0.4, -0.2) is 57.8 Å². The zero-order chi connectivity index (χ0) is 16.7. The molecule has 0 radical (unpaired) electrons. The van der Waals surface area contributed by atoms with E-state index in [2.05, 4.69) is 10.6 Å². The fourth-order valence-corrected chi connectivity index (χ4v) is 2.31. The van der Waals surface area contributed by atoms with Gasteiger partial charge < -0.3 is 20.1 Å². The molecule has 1 aliphatic heterocycles. The number of hydrogen-bond acceptors (Lipinski definition) is 5. The molecule has 0 fully saturated rings. The Labute approximate surface area is 135 Å². The Hall–Kier alpha value is -2.12. The number of methoxy groups -OCH3 is 1. The molecule has 2 rings (SSSR count). The predicted octanol–water partition coefficient (Wildman–Crippen LogP) is 0.153. The number of anilines is 1. The van der Waals surface area contributed by atoms with Gasteiger partial charge in [-0.15, -0.1) is 0 Å². The van der Waals surface area contributed by atoms with E-state index in [9.17, 15) is 9.59 Å². The van der Waals surface area contributed by atoms with E-state index >= 15 is 0 Å². The molecule has 0 saturated carbocycles. The molecule has 126 valence electrons. The largest absolute Gasteiger partial charge is 0.479 e. The van der Waals surface area contributed by atoms with Crippen LogP contribution in [0.2, 0.25) is 0 Å². The maximum atomic E-state index is 12.3. The molecule has 0 bridgehead atoms. The Bertz CT molecular complexity index is 550. The Morgan fingerprint density at radius 2 is 2.09 bits per heavy atom. The van der Waals surface area contributed by atoms with E-state index in [0.29, 0.717) is 31.1 Å². The lowest BCUT2D eigenvalue weighted by Gasteiger charge is -2.32. The second kappa shape index (κ2) is 8.50. The Kier molecular flexibility index (Phi) is 6.37. The molecule has 1 atom stereocenters. The van der Waals surface area contributed by atoms with Crippen molar-refractivity contribution in [2.24, 2.45) is 0 Å². The molecule has 0 saturated heterocycles. The highest BCUT2D eigenvalue weighted by Crippen LogP contribution is 2.33. The lowest BCUT2D eigenvalue weighted by molar-refractivity contribution is -0.128. The molecule has 2 amide bonds. The Morgan fingerprint density at radius 1 is 1.30 bits per heavy atom.